The summed E-state index contributed by atoms with van der Waals surface area (Å²) in [7, 11) is 0. The molecule has 0 spiro atoms. The maximum atomic E-state index is 11.3. The van der Waals surface area contributed by atoms with Crippen LogP contribution in [-0.2, 0) is 0 Å². The summed E-state index contributed by atoms with van der Waals surface area (Å²) in [4.78, 5) is 11.3. The fourth-order valence-electron chi connectivity index (χ4n) is 1.29. The molecule has 0 aliphatic carbocycles. The predicted octanol–water partition coefficient (Wildman–Crippen LogP) is 1.88. The maximum absolute atomic E-state index is 11.3. The normalized spacial score (nSPS) is 14.5. The molecule has 0 bridgehead atoms. The molecule has 1 aliphatic rings. The van der Waals surface area contributed by atoms with Gasteiger partial charge in [0.05, 0.1) is 11.4 Å². The maximum Gasteiger partial charge on any atom is 0.340 e. The lowest BCUT2D eigenvalue weighted by atomic mass is 10.2. The van der Waals surface area contributed by atoms with Crippen molar-refractivity contribution >= 4 is 17.4 Å². The molecular weight excluding hydrogens is 166 g/mol. The van der Waals surface area contributed by atoms with Gasteiger partial charge in [-0.05, 0) is 19.1 Å². The first-order chi connectivity index (χ1) is 6.31. The fourth-order valence-corrected chi connectivity index (χ4v) is 1.29. The molecule has 0 saturated carbocycles. The molecule has 4 heteroatoms. The summed E-state index contributed by atoms with van der Waals surface area (Å²) < 4.78 is 0. The molecule has 13 heavy (non-hydrogen) atoms. The highest BCUT2D eigenvalue weighted by Gasteiger charge is 2.19. The summed E-state index contributed by atoms with van der Waals surface area (Å²) in [5.74, 6) is 0. The predicted molar refractivity (Wildman–Crippen MR) is 51.5 cm³/mol. The standard InChI is InChI=1S/C9H11N3O/c1-2-12-9(13)10-7-5-3-4-6-8(7)11-12/h3-6,11H,2H2,1H3,(H,10,13). The van der Waals surface area contributed by atoms with Crippen molar-refractivity contribution in [3.05, 3.63) is 24.3 Å². The van der Waals surface area contributed by atoms with Gasteiger partial charge in [-0.1, -0.05) is 12.1 Å². The van der Waals surface area contributed by atoms with E-state index in [9.17, 15) is 4.79 Å². The van der Waals surface area contributed by atoms with Crippen LogP contribution in [0.15, 0.2) is 24.3 Å². The highest BCUT2D eigenvalue weighted by atomic mass is 16.2. The highest BCUT2D eigenvalue weighted by molar-refractivity contribution is 5.97. The van der Waals surface area contributed by atoms with Crippen molar-refractivity contribution in [3.63, 3.8) is 0 Å². The van der Waals surface area contributed by atoms with E-state index < -0.39 is 0 Å². The minimum atomic E-state index is -0.110. The molecule has 68 valence electrons. The smallest absolute Gasteiger partial charge is 0.304 e. The Labute approximate surface area is 76.5 Å². The second-order valence-electron chi connectivity index (χ2n) is 2.83. The number of rotatable bonds is 1. The number of para-hydroxylation sites is 2. The van der Waals surface area contributed by atoms with Gasteiger partial charge in [0.2, 0.25) is 0 Å². The van der Waals surface area contributed by atoms with E-state index in [1.807, 2.05) is 31.2 Å². The zero-order valence-electron chi connectivity index (χ0n) is 7.37. The average molecular weight is 177 g/mol. The van der Waals surface area contributed by atoms with Gasteiger partial charge in [-0.3, -0.25) is 5.43 Å². The Morgan fingerprint density at radius 2 is 2.00 bits per heavy atom. The van der Waals surface area contributed by atoms with E-state index in [0.717, 1.165) is 11.4 Å². The second kappa shape index (κ2) is 2.97. The largest absolute Gasteiger partial charge is 0.340 e. The van der Waals surface area contributed by atoms with E-state index in [1.54, 1.807) is 0 Å². The summed E-state index contributed by atoms with van der Waals surface area (Å²) in [5, 5.41) is 4.32. The van der Waals surface area contributed by atoms with E-state index in [0.29, 0.717) is 6.54 Å². The van der Waals surface area contributed by atoms with Crippen LogP contribution in [0.25, 0.3) is 0 Å². The Kier molecular flexibility index (Phi) is 1.81. The molecule has 1 aromatic carbocycles. The topological polar surface area (TPSA) is 44.4 Å². The average Bonchev–Trinajstić information content (AvgIpc) is 2.17. The molecule has 0 aromatic heterocycles. The second-order valence-corrected chi connectivity index (χ2v) is 2.83. The van der Waals surface area contributed by atoms with Gasteiger partial charge >= 0.3 is 6.03 Å². The number of urea groups is 1. The molecule has 2 rings (SSSR count). The molecule has 0 unspecified atom stereocenters. The summed E-state index contributed by atoms with van der Waals surface area (Å²) >= 11 is 0. The van der Waals surface area contributed by atoms with Crippen LogP contribution in [-0.4, -0.2) is 17.6 Å². The summed E-state index contributed by atoms with van der Waals surface area (Å²) in [6.45, 7) is 2.56. The molecule has 1 aromatic rings. The van der Waals surface area contributed by atoms with E-state index >= 15 is 0 Å². The van der Waals surface area contributed by atoms with Crippen LogP contribution < -0.4 is 10.7 Å². The van der Waals surface area contributed by atoms with Crippen LogP contribution >= 0.6 is 0 Å². The zero-order valence-corrected chi connectivity index (χ0v) is 7.37. The van der Waals surface area contributed by atoms with E-state index in [1.165, 1.54) is 5.01 Å². The first-order valence-corrected chi connectivity index (χ1v) is 4.25. The van der Waals surface area contributed by atoms with Crippen molar-refractivity contribution < 1.29 is 4.79 Å². The van der Waals surface area contributed by atoms with Crippen molar-refractivity contribution in [2.45, 2.75) is 6.92 Å². The van der Waals surface area contributed by atoms with Gasteiger partial charge in [0, 0.05) is 6.54 Å². The number of anilines is 2. The fraction of sp³-hybridized carbons (Fsp3) is 0.222. The van der Waals surface area contributed by atoms with Gasteiger partial charge in [0.25, 0.3) is 0 Å². The minimum absolute atomic E-state index is 0.110. The van der Waals surface area contributed by atoms with Crippen molar-refractivity contribution in [2.75, 3.05) is 17.3 Å². The molecule has 4 nitrogen and oxygen atoms in total. The monoisotopic (exact) mass is 177 g/mol. The molecule has 2 amide bonds. The van der Waals surface area contributed by atoms with Crippen molar-refractivity contribution in [3.8, 4) is 0 Å². The number of amides is 2. The molecule has 0 fully saturated rings. The van der Waals surface area contributed by atoms with Crippen LogP contribution in [0.1, 0.15) is 6.92 Å². The Bertz CT molecular complexity index is 337. The third kappa shape index (κ3) is 1.30. The highest BCUT2D eigenvalue weighted by Crippen LogP contribution is 2.25. The van der Waals surface area contributed by atoms with Gasteiger partial charge in [0.15, 0.2) is 0 Å². The Morgan fingerprint density at radius 3 is 2.69 bits per heavy atom. The molecule has 1 aliphatic heterocycles. The SMILES string of the molecule is CCN1Nc2ccccc2NC1=O. The third-order valence-electron chi connectivity index (χ3n) is 1.99. The lowest BCUT2D eigenvalue weighted by Gasteiger charge is -2.29. The Morgan fingerprint density at radius 1 is 1.31 bits per heavy atom. The van der Waals surface area contributed by atoms with Gasteiger partial charge < -0.3 is 5.32 Å². The number of carbonyl (C=O) groups is 1. The molecular formula is C9H11N3O. The van der Waals surface area contributed by atoms with Gasteiger partial charge in [0.1, 0.15) is 0 Å². The Hall–Kier alpha value is -1.71. The number of hydrogen-bond donors (Lipinski definition) is 2. The number of fused-ring (bicyclic) bond motifs is 1. The van der Waals surface area contributed by atoms with Gasteiger partial charge in [-0.25, -0.2) is 9.80 Å². The van der Waals surface area contributed by atoms with E-state index in [-0.39, 0.29) is 6.03 Å². The van der Waals surface area contributed by atoms with Crippen molar-refractivity contribution in [1.29, 1.82) is 0 Å². The Balaban J connectivity index is 2.33. The zero-order chi connectivity index (χ0) is 9.26. The molecule has 2 N–H and O–H groups in total. The number of benzene rings is 1. The minimum Gasteiger partial charge on any atom is -0.304 e. The number of hydrazine groups is 1. The third-order valence-corrected chi connectivity index (χ3v) is 1.99. The number of carbonyl (C=O) groups excluding carboxylic acids is 1. The van der Waals surface area contributed by atoms with Crippen LogP contribution in [0.3, 0.4) is 0 Å². The molecule has 0 saturated heterocycles. The summed E-state index contributed by atoms with van der Waals surface area (Å²) in [6, 6.07) is 7.51. The number of nitrogens with zero attached hydrogens (tertiary/aromatic N) is 1. The lowest BCUT2D eigenvalue weighted by molar-refractivity contribution is 0.223. The van der Waals surface area contributed by atoms with Crippen LogP contribution in [0.4, 0.5) is 16.2 Å². The van der Waals surface area contributed by atoms with Crippen LogP contribution in [0, 0.1) is 0 Å². The molecule has 0 atom stereocenters. The first-order valence-electron chi connectivity index (χ1n) is 4.25. The van der Waals surface area contributed by atoms with Crippen molar-refractivity contribution in [2.24, 2.45) is 0 Å². The number of nitrogens with one attached hydrogen (secondary N) is 2. The van der Waals surface area contributed by atoms with E-state index in [2.05, 4.69) is 10.7 Å². The number of hydrogen-bond acceptors (Lipinski definition) is 2. The molecule has 1 heterocycles. The van der Waals surface area contributed by atoms with Crippen LogP contribution in [0.2, 0.25) is 0 Å². The lowest BCUT2D eigenvalue weighted by Crippen LogP contribution is -2.42. The van der Waals surface area contributed by atoms with Gasteiger partial charge in [-0.2, -0.15) is 0 Å². The molecule has 0 radical (unpaired) electrons. The van der Waals surface area contributed by atoms with Crippen LogP contribution in [0.5, 0.6) is 0 Å². The van der Waals surface area contributed by atoms with E-state index in [4.69, 9.17) is 0 Å². The van der Waals surface area contributed by atoms with Crippen molar-refractivity contribution in [1.82, 2.24) is 5.01 Å². The van der Waals surface area contributed by atoms with Gasteiger partial charge in [-0.15, -0.1) is 0 Å². The first kappa shape index (κ1) is 7.91. The summed E-state index contributed by atoms with van der Waals surface area (Å²) in [6.07, 6.45) is 0. The quantitative estimate of drug-likeness (QED) is 0.687. The summed E-state index contributed by atoms with van der Waals surface area (Å²) in [5.41, 5.74) is 4.78.